The maximum Gasteiger partial charge on any atom is 0.136 e. The summed E-state index contributed by atoms with van der Waals surface area (Å²) in [7, 11) is 0. The third-order valence-corrected chi connectivity index (χ3v) is 4.39. The Kier molecular flexibility index (Phi) is 2.65. The summed E-state index contributed by atoms with van der Waals surface area (Å²) in [5.74, 6) is 0.587. The number of aliphatic hydroxyl groups excluding tert-OH is 1. The van der Waals surface area contributed by atoms with Gasteiger partial charge in [0.25, 0.3) is 0 Å². The van der Waals surface area contributed by atoms with Crippen molar-refractivity contribution in [3.8, 4) is 0 Å². The van der Waals surface area contributed by atoms with E-state index < -0.39 is 0 Å². The van der Waals surface area contributed by atoms with Crippen LogP contribution < -0.4 is 0 Å². The molecule has 2 saturated carbocycles. The standard InChI is InChI=1S/C12H20O2/c1-9(13)12-7-3-2-5-10(12)11(14)6-4-8-12/h10-11,14H,2-8H2,1H3/t10-,11?,12+/m0/s1. The average Bonchev–Trinajstić information content (AvgIpc) is 2.18. The van der Waals surface area contributed by atoms with Gasteiger partial charge in [-0.15, -0.1) is 0 Å². The van der Waals surface area contributed by atoms with Gasteiger partial charge in [-0.1, -0.05) is 12.8 Å². The number of hydrogen-bond donors (Lipinski definition) is 1. The van der Waals surface area contributed by atoms with Crippen LogP contribution in [0.3, 0.4) is 0 Å². The summed E-state index contributed by atoms with van der Waals surface area (Å²) in [6.07, 6.45) is 7.17. The van der Waals surface area contributed by atoms with E-state index in [-0.39, 0.29) is 17.4 Å². The molecule has 2 nitrogen and oxygen atoms in total. The molecule has 2 heteroatoms. The van der Waals surface area contributed by atoms with Crippen molar-refractivity contribution in [2.24, 2.45) is 11.3 Å². The van der Waals surface area contributed by atoms with Crippen LogP contribution in [0, 0.1) is 11.3 Å². The van der Waals surface area contributed by atoms with Crippen LogP contribution in [0.1, 0.15) is 51.9 Å². The van der Waals surface area contributed by atoms with E-state index >= 15 is 0 Å². The van der Waals surface area contributed by atoms with E-state index in [0.717, 1.165) is 32.1 Å². The zero-order valence-electron chi connectivity index (χ0n) is 8.96. The molecule has 3 atom stereocenters. The van der Waals surface area contributed by atoms with Gasteiger partial charge < -0.3 is 5.11 Å². The molecular weight excluding hydrogens is 176 g/mol. The Morgan fingerprint density at radius 1 is 1.21 bits per heavy atom. The topological polar surface area (TPSA) is 37.3 Å². The highest BCUT2D eigenvalue weighted by Crippen LogP contribution is 2.50. The van der Waals surface area contributed by atoms with E-state index in [1.807, 2.05) is 0 Å². The first-order valence-corrected chi connectivity index (χ1v) is 5.86. The maximum atomic E-state index is 11.8. The van der Waals surface area contributed by atoms with Gasteiger partial charge in [-0.3, -0.25) is 4.79 Å². The van der Waals surface area contributed by atoms with Crippen molar-refractivity contribution in [2.45, 2.75) is 58.0 Å². The molecule has 0 aromatic rings. The van der Waals surface area contributed by atoms with Gasteiger partial charge in [0.05, 0.1) is 6.10 Å². The Hall–Kier alpha value is -0.370. The summed E-state index contributed by atoms with van der Waals surface area (Å²) >= 11 is 0. The van der Waals surface area contributed by atoms with Crippen molar-refractivity contribution in [1.82, 2.24) is 0 Å². The number of Topliss-reactive ketones (excluding diaryl/α,β-unsaturated/α-hetero) is 1. The fourth-order valence-electron chi connectivity index (χ4n) is 3.58. The van der Waals surface area contributed by atoms with Crippen LogP contribution in [0.15, 0.2) is 0 Å². The van der Waals surface area contributed by atoms with E-state index in [1.165, 1.54) is 12.8 Å². The predicted octanol–water partition coefficient (Wildman–Crippen LogP) is 2.30. The minimum atomic E-state index is -0.215. The van der Waals surface area contributed by atoms with Crippen molar-refractivity contribution >= 4 is 5.78 Å². The van der Waals surface area contributed by atoms with Gasteiger partial charge in [-0.2, -0.15) is 0 Å². The van der Waals surface area contributed by atoms with Crippen LogP contribution in [0.5, 0.6) is 0 Å². The van der Waals surface area contributed by atoms with Crippen LogP contribution in [0.4, 0.5) is 0 Å². The molecule has 0 bridgehead atoms. The Bertz CT molecular complexity index is 232. The molecule has 0 spiro atoms. The van der Waals surface area contributed by atoms with Crippen LogP contribution >= 0.6 is 0 Å². The largest absolute Gasteiger partial charge is 0.393 e. The van der Waals surface area contributed by atoms with Crippen LogP contribution in [0.25, 0.3) is 0 Å². The highest BCUT2D eigenvalue weighted by molar-refractivity contribution is 5.83. The number of rotatable bonds is 1. The SMILES string of the molecule is CC(=O)[C@]12CCCC[C@H]1C(O)CCC2. The molecule has 0 saturated heterocycles. The molecule has 0 aromatic carbocycles. The predicted molar refractivity (Wildman–Crippen MR) is 54.9 cm³/mol. The summed E-state index contributed by atoms with van der Waals surface area (Å²) in [6, 6.07) is 0. The molecule has 2 fully saturated rings. The second-order valence-electron chi connectivity index (χ2n) is 5.02. The number of aliphatic hydroxyl groups is 1. The lowest BCUT2D eigenvalue weighted by Gasteiger charge is -2.48. The Balaban J connectivity index is 2.26. The van der Waals surface area contributed by atoms with Gasteiger partial charge >= 0.3 is 0 Å². The summed E-state index contributed by atoms with van der Waals surface area (Å²) in [4.78, 5) is 11.8. The summed E-state index contributed by atoms with van der Waals surface area (Å²) in [6.45, 7) is 1.72. The first-order chi connectivity index (χ1) is 6.67. The fraction of sp³-hybridized carbons (Fsp3) is 0.917. The zero-order valence-corrected chi connectivity index (χ0v) is 8.96. The van der Waals surface area contributed by atoms with Gasteiger partial charge in [0.2, 0.25) is 0 Å². The lowest BCUT2D eigenvalue weighted by Crippen LogP contribution is -2.48. The Morgan fingerprint density at radius 2 is 1.93 bits per heavy atom. The molecule has 1 N–H and O–H groups in total. The minimum Gasteiger partial charge on any atom is -0.393 e. The normalized spacial score (nSPS) is 43.0. The molecule has 2 aliphatic carbocycles. The van der Waals surface area contributed by atoms with Gasteiger partial charge in [0, 0.05) is 5.41 Å². The average molecular weight is 196 g/mol. The van der Waals surface area contributed by atoms with Crippen LogP contribution in [-0.2, 0) is 4.79 Å². The first-order valence-electron chi connectivity index (χ1n) is 5.86. The second-order valence-corrected chi connectivity index (χ2v) is 5.02. The number of carbonyl (C=O) groups excluding carboxylic acids is 1. The fourth-order valence-corrected chi connectivity index (χ4v) is 3.58. The summed E-state index contributed by atoms with van der Waals surface area (Å²) in [5.41, 5.74) is -0.143. The van der Waals surface area contributed by atoms with E-state index in [2.05, 4.69) is 0 Å². The van der Waals surface area contributed by atoms with E-state index in [0.29, 0.717) is 5.78 Å². The van der Waals surface area contributed by atoms with Gasteiger partial charge in [0.1, 0.15) is 5.78 Å². The van der Waals surface area contributed by atoms with Gasteiger partial charge in [-0.05, 0) is 44.9 Å². The Morgan fingerprint density at radius 3 is 2.57 bits per heavy atom. The quantitative estimate of drug-likeness (QED) is 0.698. The molecule has 0 heterocycles. The summed E-state index contributed by atoms with van der Waals surface area (Å²) in [5, 5.41) is 9.97. The van der Waals surface area contributed by atoms with Crippen molar-refractivity contribution in [2.75, 3.05) is 0 Å². The Labute approximate surface area is 85.7 Å². The second kappa shape index (κ2) is 3.65. The monoisotopic (exact) mass is 196 g/mol. The lowest BCUT2D eigenvalue weighted by molar-refractivity contribution is -0.141. The molecular formula is C12H20O2. The number of fused-ring (bicyclic) bond motifs is 1. The van der Waals surface area contributed by atoms with Crippen molar-refractivity contribution in [3.05, 3.63) is 0 Å². The van der Waals surface area contributed by atoms with Crippen molar-refractivity contribution in [3.63, 3.8) is 0 Å². The van der Waals surface area contributed by atoms with E-state index in [4.69, 9.17) is 0 Å². The third-order valence-electron chi connectivity index (χ3n) is 4.39. The zero-order chi connectivity index (χ0) is 10.2. The molecule has 2 aliphatic rings. The summed E-state index contributed by atoms with van der Waals surface area (Å²) < 4.78 is 0. The number of carbonyl (C=O) groups is 1. The molecule has 0 radical (unpaired) electrons. The number of ketones is 1. The highest BCUT2D eigenvalue weighted by Gasteiger charge is 2.49. The third kappa shape index (κ3) is 1.40. The van der Waals surface area contributed by atoms with Gasteiger partial charge in [0.15, 0.2) is 0 Å². The molecule has 0 aromatic heterocycles. The maximum absolute atomic E-state index is 11.8. The molecule has 1 unspecified atom stereocenters. The minimum absolute atomic E-state index is 0.143. The number of hydrogen-bond acceptors (Lipinski definition) is 2. The van der Waals surface area contributed by atoms with Crippen LogP contribution in [-0.4, -0.2) is 17.0 Å². The lowest BCUT2D eigenvalue weighted by atomic mass is 9.57. The van der Waals surface area contributed by atoms with E-state index in [9.17, 15) is 9.90 Å². The highest BCUT2D eigenvalue weighted by atomic mass is 16.3. The van der Waals surface area contributed by atoms with Gasteiger partial charge in [-0.25, -0.2) is 0 Å². The van der Waals surface area contributed by atoms with Crippen molar-refractivity contribution < 1.29 is 9.90 Å². The molecule has 0 aliphatic heterocycles. The molecule has 0 amide bonds. The molecule has 80 valence electrons. The van der Waals surface area contributed by atoms with Crippen LogP contribution in [0.2, 0.25) is 0 Å². The smallest absolute Gasteiger partial charge is 0.136 e. The van der Waals surface area contributed by atoms with E-state index in [1.54, 1.807) is 6.92 Å². The molecule has 2 rings (SSSR count). The first kappa shape index (κ1) is 10.2. The van der Waals surface area contributed by atoms with Crippen molar-refractivity contribution in [1.29, 1.82) is 0 Å². The molecule has 14 heavy (non-hydrogen) atoms.